The molecule has 0 aliphatic rings. The molecule has 0 fully saturated rings. The van der Waals surface area contributed by atoms with Crippen LogP contribution in [0.2, 0.25) is 0 Å². The molecule has 0 saturated heterocycles. The highest BCUT2D eigenvalue weighted by Gasteiger charge is 2.24. The fraction of sp³-hybridized carbons (Fsp3) is 0.0769. The average Bonchev–Trinajstić information content (AvgIpc) is 2.39. The highest BCUT2D eigenvalue weighted by Crippen LogP contribution is 2.24. The van der Waals surface area contributed by atoms with Gasteiger partial charge in [-0.15, -0.1) is 0 Å². The Balaban J connectivity index is 2.33. The van der Waals surface area contributed by atoms with Crippen molar-refractivity contribution in [3.05, 3.63) is 59.9 Å². The molecule has 0 aliphatic heterocycles. The van der Waals surface area contributed by atoms with Crippen LogP contribution in [0.5, 0.6) is 0 Å². The largest absolute Gasteiger partial charge is 0.367 e. The van der Waals surface area contributed by atoms with E-state index in [1.54, 1.807) is 24.3 Å². The Kier molecular flexibility index (Phi) is 3.58. The molecule has 0 spiro atoms. The molecular formula is C13H10FO3Si. The summed E-state index contributed by atoms with van der Waals surface area (Å²) in [5.74, 6) is -2.71. The molecule has 2 aromatic carbocycles. The van der Waals surface area contributed by atoms with Gasteiger partial charge in [0.25, 0.3) is 16.5 Å². The first-order chi connectivity index (χ1) is 8.53. The lowest BCUT2D eigenvalue weighted by Gasteiger charge is -2.20. The molecule has 3 nitrogen and oxygen atoms in total. The third-order valence-corrected chi connectivity index (χ3v) is 2.85. The summed E-state index contributed by atoms with van der Waals surface area (Å²) in [6, 6.07) is 12.4. The third kappa shape index (κ3) is 2.65. The van der Waals surface area contributed by atoms with E-state index in [1.165, 1.54) is 24.3 Å². The molecule has 0 unspecified atom stereocenters. The SMILES string of the molecule is OC(O)(O[Si])c1ccc(-c2cccc(F)c2)cc1. The van der Waals surface area contributed by atoms with Gasteiger partial charge in [0.05, 0.1) is 0 Å². The fourth-order valence-corrected chi connectivity index (χ4v) is 1.72. The number of aliphatic hydroxyl groups is 2. The average molecular weight is 261 g/mol. The van der Waals surface area contributed by atoms with Gasteiger partial charge in [0.2, 0.25) is 0 Å². The molecule has 0 heterocycles. The number of rotatable bonds is 3. The van der Waals surface area contributed by atoms with Crippen LogP contribution in [0.3, 0.4) is 0 Å². The van der Waals surface area contributed by atoms with Gasteiger partial charge in [-0.05, 0) is 23.3 Å². The Morgan fingerprint density at radius 1 is 1.00 bits per heavy atom. The Bertz CT molecular complexity index is 540. The highest BCUT2D eigenvalue weighted by molar-refractivity contribution is 5.98. The summed E-state index contributed by atoms with van der Waals surface area (Å²) >= 11 is 0. The molecule has 0 bridgehead atoms. The molecule has 2 aromatic rings. The van der Waals surface area contributed by atoms with Gasteiger partial charge >= 0.3 is 0 Å². The first-order valence-electron chi connectivity index (χ1n) is 5.19. The minimum atomic E-state index is -2.39. The van der Waals surface area contributed by atoms with E-state index < -0.39 is 5.97 Å². The molecule has 18 heavy (non-hydrogen) atoms. The van der Waals surface area contributed by atoms with Crippen LogP contribution in [0.4, 0.5) is 4.39 Å². The second-order valence-corrected chi connectivity index (χ2v) is 4.00. The van der Waals surface area contributed by atoms with E-state index in [0.29, 0.717) is 5.56 Å². The van der Waals surface area contributed by atoms with Crippen molar-refractivity contribution in [2.24, 2.45) is 0 Å². The van der Waals surface area contributed by atoms with Crippen molar-refractivity contribution < 1.29 is 19.0 Å². The van der Waals surface area contributed by atoms with E-state index in [1.807, 2.05) is 0 Å². The third-order valence-electron chi connectivity index (χ3n) is 2.56. The summed E-state index contributed by atoms with van der Waals surface area (Å²) in [5.41, 5.74) is 1.64. The zero-order valence-electron chi connectivity index (χ0n) is 9.30. The van der Waals surface area contributed by atoms with Crippen molar-refractivity contribution in [3.8, 4) is 11.1 Å². The number of hydrogen-bond acceptors (Lipinski definition) is 3. The van der Waals surface area contributed by atoms with Gasteiger partial charge in [0.15, 0.2) is 0 Å². The predicted octanol–water partition coefficient (Wildman–Crippen LogP) is 1.69. The van der Waals surface area contributed by atoms with Crippen LogP contribution in [0.1, 0.15) is 5.56 Å². The maximum atomic E-state index is 13.1. The van der Waals surface area contributed by atoms with Crippen LogP contribution < -0.4 is 0 Å². The lowest BCUT2D eigenvalue weighted by molar-refractivity contribution is -0.303. The monoisotopic (exact) mass is 261 g/mol. The maximum Gasteiger partial charge on any atom is 0.296 e. The van der Waals surface area contributed by atoms with Crippen molar-refractivity contribution in [1.82, 2.24) is 0 Å². The van der Waals surface area contributed by atoms with Gasteiger partial charge in [-0.3, -0.25) is 0 Å². The molecule has 0 atom stereocenters. The second-order valence-electron chi connectivity index (χ2n) is 3.80. The molecule has 2 N–H and O–H groups in total. The first-order valence-corrected chi connectivity index (χ1v) is 5.60. The van der Waals surface area contributed by atoms with Crippen molar-refractivity contribution in [1.29, 1.82) is 0 Å². The molecule has 5 heteroatoms. The van der Waals surface area contributed by atoms with E-state index in [-0.39, 0.29) is 11.4 Å². The Hall–Kier alpha value is -1.53. The fourth-order valence-electron chi connectivity index (χ4n) is 1.61. The Morgan fingerprint density at radius 2 is 1.67 bits per heavy atom. The van der Waals surface area contributed by atoms with Crippen molar-refractivity contribution in [2.45, 2.75) is 5.97 Å². The number of hydrogen-bond donors (Lipinski definition) is 2. The lowest BCUT2D eigenvalue weighted by Crippen LogP contribution is -2.27. The van der Waals surface area contributed by atoms with Crippen LogP contribution in [-0.4, -0.2) is 20.7 Å². The second kappa shape index (κ2) is 4.99. The zero-order valence-corrected chi connectivity index (χ0v) is 10.3. The standard InChI is InChI=1S/C13H10FO3Si/c14-12-3-1-2-10(8-12)9-4-6-11(7-5-9)13(15,16)17-18/h1-8,15-16H. The molecule has 0 amide bonds. The van der Waals surface area contributed by atoms with Crippen LogP contribution in [-0.2, 0) is 10.4 Å². The molecule has 0 saturated carbocycles. The molecule has 3 radical (unpaired) electrons. The van der Waals surface area contributed by atoms with Crippen molar-refractivity contribution >= 4 is 10.5 Å². The van der Waals surface area contributed by atoms with Gasteiger partial charge in [-0.2, -0.15) is 0 Å². The van der Waals surface area contributed by atoms with Gasteiger partial charge < -0.3 is 14.6 Å². The number of halogens is 1. The minimum absolute atomic E-state index is 0.164. The first kappa shape index (κ1) is 12.9. The summed E-state index contributed by atoms with van der Waals surface area (Å²) in [5, 5.41) is 18.8. The number of benzene rings is 2. The molecule has 91 valence electrons. The molecular weight excluding hydrogens is 251 g/mol. The predicted molar refractivity (Wildman–Crippen MR) is 64.8 cm³/mol. The zero-order chi connectivity index (χ0) is 13.2. The van der Waals surface area contributed by atoms with Gasteiger partial charge in [0.1, 0.15) is 5.82 Å². The smallest absolute Gasteiger partial charge is 0.296 e. The van der Waals surface area contributed by atoms with Crippen molar-refractivity contribution in [3.63, 3.8) is 0 Å². The van der Waals surface area contributed by atoms with Crippen LogP contribution in [0, 0.1) is 5.82 Å². The topological polar surface area (TPSA) is 49.7 Å². The van der Waals surface area contributed by atoms with Crippen LogP contribution in [0.15, 0.2) is 48.5 Å². The minimum Gasteiger partial charge on any atom is -0.367 e. The summed E-state index contributed by atoms with van der Waals surface area (Å²) in [7, 11) is 2.58. The van der Waals surface area contributed by atoms with E-state index in [4.69, 9.17) is 0 Å². The van der Waals surface area contributed by atoms with Gasteiger partial charge in [-0.1, -0.05) is 36.4 Å². The van der Waals surface area contributed by atoms with E-state index >= 15 is 0 Å². The Labute approximate surface area is 107 Å². The normalized spacial score (nSPS) is 11.6. The Morgan fingerprint density at radius 3 is 2.22 bits per heavy atom. The summed E-state index contributed by atoms with van der Waals surface area (Å²) in [6.07, 6.45) is 0. The van der Waals surface area contributed by atoms with Gasteiger partial charge in [0, 0.05) is 5.56 Å². The summed E-state index contributed by atoms with van der Waals surface area (Å²) in [6.45, 7) is 0. The van der Waals surface area contributed by atoms with E-state index in [2.05, 4.69) is 14.9 Å². The maximum absolute atomic E-state index is 13.1. The van der Waals surface area contributed by atoms with Crippen LogP contribution >= 0.6 is 0 Å². The van der Waals surface area contributed by atoms with Gasteiger partial charge in [-0.25, -0.2) is 4.39 Å². The van der Waals surface area contributed by atoms with Crippen molar-refractivity contribution in [2.75, 3.05) is 0 Å². The van der Waals surface area contributed by atoms with E-state index in [9.17, 15) is 14.6 Å². The molecule has 2 rings (SSSR count). The summed E-state index contributed by atoms with van der Waals surface area (Å²) < 4.78 is 17.4. The quantitative estimate of drug-likeness (QED) is 0.653. The van der Waals surface area contributed by atoms with E-state index in [0.717, 1.165) is 5.56 Å². The molecule has 0 aromatic heterocycles. The summed E-state index contributed by atoms with van der Waals surface area (Å²) in [4.78, 5) is 0. The molecule has 0 aliphatic carbocycles. The highest BCUT2D eigenvalue weighted by atomic mass is 28.2. The van der Waals surface area contributed by atoms with Crippen LogP contribution in [0.25, 0.3) is 11.1 Å². The lowest BCUT2D eigenvalue weighted by atomic mass is 10.0.